The van der Waals surface area contributed by atoms with E-state index in [0.717, 1.165) is 11.3 Å². The molecule has 35 heavy (non-hydrogen) atoms. The van der Waals surface area contributed by atoms with E-state index in [1.165, 1.54) is 16.4 Å². The normalized spacial score (nSPS) is 14.2. The molecule has 1 amide bonds. The molecule has 0 unspecified atom stereocenters. The molecule has 184 valence electrons. The quantitative estimate of drug-likeness (QED) is 0.455. The summed E-state index contributed by atoms with van der Waals surface area (Å²) in [5.74, 6) is 0.413. The van der Waals surface area contributed by atoms with Crippen molar-refractivity contribution in [2.45, 2.75) is 18.4 Å². The first-order valence-electron chi connectivity index (χ1n) is 11.8. The fourth-order valence-electron chi connectivity index (χ4n) is 4.14. The van der Waals surface area contributed by atoms with Crippen LogP contribution in [0.2, 0.25) is 0 Å². The fraction of sp³-hybridized carbons (Fsp3) is 0.296. The van der Waals surface area contributed by atoms with Gasteiger partial charge in [0, 0.05) is 38.4 Å². The first kappa shape index (κ1) is 24.8. The monoisotopic (exact) mass is 493 g/mol. The predicted octanol–water partition coefficient (Wildman–Crippen LogP) is 3.63. The second-order valence-corrected chi connectivity index (χ2v) is 10.3. The van der Waals surface area contributed by atoms with Crippen LogP contribution in [0, 0.1) is 0 Å². The predicted molar refractivity (Wildman–Crippen MR) is 137 cm³/mol. The van der Waals surface area contributed by atoms with Crippen molar-refractivity contribution in [3.05, 3.63) is 90.5 Å². The minimum Gasteiger partial charge on any atom is -0.494 e. The number of anilines is 1. The molecule has 1 heterocycles. The Balaban J connectivity index is 1.49. The summed E-state index contributed by atoms with van der Waals surface area (Å²) in [5.41, 5.74) is 1.95. The van der Waals surface area contributed by atoms with Gasteiger partial charge in [0.1, 0.15) is 5.75 Å². The summed E-state index contributed by atoms with van der Waals surface area (Å²) in [5, 5.41) is 0. The summed E-state index contributed by atoms with van der Waals surface area (Å²) in [6, 6.07) is 25.8. The molecule has 7 nitrogen and oxygen atoms in total. The maximum absolute atomic E-state index is 13.6. The highest BCUT2D eigenvalue weighted by atomic mass is 32.2. The zero-order chi connectivity index (χ0) is 24.7. The number of benzene rings is 3. The lowest BCUT2D eigenvalue weighted by Crippen LogP contribution is -2.51. The number of carbonyl (C=O) groups is 1. The topological polar surface area (TPSA) is 70.2 Å². The summed E-state index contributed by atoms with van der Waals surface area (Å²) >= 11 is 0. The van der Waals surface area contributed by atoms with Gasteiger partial charge in [-0.25, -0.2) is 8.42 Å². The van der Waals surface area contributed by atoms with Crippen molar-refractivity contribution in [3.8, 4) is 5.75 Å². The molecule has 0 spiro atoms. The molecule has 0 radical (unpaired) electrons. The van der Waals surface area contributed by atoms with Gasteiger partial charge in [0.2, 0.25) is 15.9 Å². The van der Waals surface area contributed by atoms with Gasteiger partial charge in [-0.3, -0.25) is 4.79 Å². The van der Waals surface area contributed by atoms with Gasteiger partial charge in [0.25, 0.3) is 0 Å². The van der Waals surface area contributed by atoms with Crippen LogP contribution in [0.4, 0.5) is 5.69 Å². The Morgan fingerprint density at radius 2 is 1.46 bits per heavy atom. The molecule has 3 aromatic rings. The van der Waals surface area contributed by atoms with E-state index in [0.29, 0.717) is 38.5 Å². The molecular weight excluding hydrogens is 462 g/mol. The molecule has 1 fully saturated rings. The number of para-hydroxylation sites is 1. The van der Waals surface area contributed by atoms with E-state index in [2.05, 4.69) is 17.0 Å². The van der Waals surface area contributed by atoms with Crippen molar-refractivity contribution in [1.82, 2.24) is 9.21 Å². The summed E-state index contributed by atoms with van der Waals surface area (Å²) < 4.78 is 33.8. The van der Waals surface area contributed by atoms with E-state index < -0.39 is 10.0 Å². The number of ether oxygens (including phenoxy) is 1. The van der Waals surface area contributed by atoms with Gasteiger partial charge in [0.15, 0.2) is 0 Å². The summed E-state index contributed by atoms with van der Waals surface area (Å²) in [4.78, 5) is 17.4. The Morgan fingerprint density at radius 3 is 2.06 bits per heavy atom. The number of hydrogen-bond acceptors (Lipinski definition) is 5. The number of rotatable bonds is 9. The highest BCUT2D eigenvalue weighted by Gasteiger charge is 2.30. The van der Waals surface area contributed by atoms with E-state index >= 15 is 0 Å². The van der Waals surface area contributed by atoms with Crippen LogP contribution in [-0.4, -0.2) is 62.9 Å². The van der Waals surface area contributed by atoms with Crippen molar-refractivity contribution in [1.29, 1.82) is 0 Å². The number of nitrogens with zero attached hydrogens (tertiary/aromatic N) is 3. The Hall–Kier alpha value is -3.36. The van der Waals surface area contributed by atoms with Crippen molar-refractivity contribution in [2.24, 2.45) is 0 Å². The van der Waals surface area contributed by atoms with E-state index in [1.807, 2.05) is 55.5 Å². The molecule has 0 aromatic heterocycles. The minimum absolute atomic E-state index is 0.117. The summed E-state index contributed by atoms with van der Waals surface area (Å²) in [6.45, 7) is 4.80. The van der Waals surface area contributed by atoms with Gasteiger partial charge >= 0.3 is 0 Å². The molecule has 0 aliphatic carbocycles. The van der Waals surface area contributed by atoms with Crippen LogP contribution < -0.4 is 9.64 Å². The largest absolute Gasteiger partial charge is 0.494 e. The molecule has 3 aromatic carbocycles. The van der Waals surface area contributed by atoms with Gasteiger partial charge in [-0.15, -0.1) is 0 Å². The third-order valence-corrected chi connectivity index (χ3v) is 7.85. The van der Waals surface area contributed by atoms with Crippen LogP contribution in [0.15, 0.2) is 89.8 Å². The van der Waals surface area contributed by atoms with Gasteiger partial charge in [-0.1, -0.05) is 48.5 Å². The van der Waals surface area contributed by atoms with Crippen LogP contribution in [0.25, 0.3) is 0 Å². The second kappa shape index (κ2) is 11.4. The number of carbonyl (C=O) groups excluding carboxylic acids is 1. The van der Waals surface area contributed by atoms with Crippen molar-refractivity contribution in [3.63, 3.8) is 0 Å². The number of amides is 1. The van der Waals surface area contributed by atoms with Gasteiger partial charge in [0.05, 0.1) is 18.0 Å². The summed E-state index contributed by atoms with van der Waals surface area (Å²) in [7, 11) is -3.90. The van der Waals surface area contributed by atoms with E-state index in [9.17, 15) is 13.2 Å². The number of sulfonamides is 1. The molecule has 0 atom stereocenters. The molecule has 4 rings (SSSR count). The maximum Gasteiger partial charge on any atom is 0.243 e. The maximum atomic E-state index is 13.6. The SMILES string of the molecule is CCOc1ccc(S(=O)(=O)N(CC(=O)N2CCN(c3ccccc3)CC2)Cc2ccccc2)cc1. The molecule has 8 heteroatoms. The minimum atomic E-state index is -3.90. The highest BCUT2D eigenvalue weighted by molar-refractivity contribution is 7.89. The van der Waals surface area contributed by atoms with Gasteiger partial charge < -0.3 is 14.5 Å². The van der Waals surface area contributed by atoms with E-state index in [-0.39, 0.29) is 23.9 Å². The zero-order valence-corrected chi connectivity index (χ0v) is 20.7. The Kier molecular flexibility index (Phi) is 8.05. The Labute approximate surface area is 207 Å². The van der Waals surface area contributed by atoms with Crippen molar-refractivity contribution >= 4 is 21.6 Å². The van der Waals surface area contributed by atoms with Crippen molar-refractivity contribution < 1.29 is 17.9 Å². The molecule has 1 saturated heterocycles. The van der Waals surface area contributed by atoms with Crippen molar-refractivity contribution in [2.75, 3.05) is 44.2 Å². The average molecular weight is 494 g/mol. The van der Waals surface area contributed by atoms with Crippen LogP contribution in [-0.2, 0) is 21.4 Å². The molecular formula is C27H31N3O4S. The van der Waals surface area contributed by atoms with Crippen LogP contribution >= 0.6 is 0 Å². The standard InChI is InChI=1S/C27H31N3O4S/c1-2-34-25-13-15-26(16-14-25)35(32,33)30(21-23-9-5-3-6-10-23)22-27(31)29-19-17-28(18-20-29)24-11-7-4-8-12-24/h3-16H,2,17-22H2,1H3. The second-order valence-electron chi connectivity index (χ2n) is 8.37. The smallest absolute Gasteiger partial charge is 0.243 e. The van der Waals surface area contributed by atoms with Gasteiger partial charge in [-0.05, 0) is 48.9 Å². The van der Waals surface area contributed by atoms with Crippen LogP contribution in [0.1, 0.15) is 12.5 Å². The Morgan fingerprint density at radius 1 is 0.857 bits per heavy atom. The lowest BCUT2D eigenvalue weighted by Gasteiger charge is -2.37. The first-order valence-corrected chi connectivity index (χ1v) is 13.3. The first-order chi connectivity index (χ1) is 17.0. The van der Waals surface area contributed by atoms with E-state index in [1.54, 1.807) is 17.0 Å². The third-order valence-electron chi connectivity index (χ3n) is 6.04. The lowest BCUT2D eigenvalue weighted by atomic mass is 10.2. The molecule has 1 aliphatic heterocycles. The molecule has 0 N–H and O–H groups in total. The van der Waals surface area contributed by atoms with Crippen LogP contribution in [0.3, 0.4) is 0 Å². The van der Waals surface area contributed by atoms with E-state index in [4.69, 9.17) is 4.74 Å². The zero-order valence-electron chi connectivity index (χ0n) is 19.9. The Bertz CT molecular complexity index is 1190. The average Bonchev–Trinajstić information content (AvgIpc) is 2.90. The fourth-order valence-corrected chi connectivity index (χ4v) is 5.52. The summed E-state index contributed by atoms with van der Waals surface area (Å²) in [6.07, 6.45) is 0. The molecule has 0 bridgehead atoms. The molecule has 0 saturated carbocycles. The number of piperazine rings is 1. The highest BCUT2D eigenvalue weighted by Crippen LogP contribution is 2.22. The van der Waals surface area contributed by atoms with Gasteiger partial charge in [-0.2, -0.15) is 4.31 Å². The van der Waals surface area contributed by atoms with Crippen LogP contribution in [0.5, 0.6) is 5.75 Å². The lowest BCUT2D eigenvalue weighted by molar-refractivity contribution is -0.131. The third kappa shape index (κ3) is 6.21. The molecule has 1 aliphatic rings. The number of hydrogen-bond donors (Lipinski definition) is 0.